The van der Waals surface area contributed by atoms with Gasteiger partial charge in [-0.1, -0.05) is 0 Å². The molecule has 4 heteroatoms. The summed E-state index contributed by atoms with van der Waals surface area (Å²) in [6.07, 6.45) is 4.26. The Bertz CT molecular complexity index is 367. The van der Waals surface area contributed by atoms with E-state index in [4.69, 9.17) is 4.74 Å². The molecule has 1 aliphatic rings. The lowest BCUT2D eigenvalue weighted by atomic mass is 10.3. The third-order valence-corrected chi connectivity index (χ3v) is 2.64. The summed E-state index contributed by atoms with van der Waals surface area (Å²) in [5.41, 5.74) is 1.37. The van der Waals surface area contributed by atoms with Gasteiger partial charge in [0.15, 0.2) is 0 Å². The van der Waals surface area contributed by atoms with E-state index in [0.29, 0.717) is 12.3 Å². The first-order valence-corrected chi connectivity index (χ1v) is 5.41. The highest BCUT2D eigenvalue weighted by molar-refractivity contribution is 5.88. The van der Waals surface area contributed by atoms with Crippen molar-refractivity contribution in [1.29, 1.82) is 0 Å². The largest absolute Gasteiger partial charge is 0.461 e. The minimum atomic E-state index is -0.256. The molecular weight excluding hydrogens is 192 g/mol. The average Bonchev–Trinajstić information content (AvgIpc) is 2.91. The number of aryl methyl sites for hydroxylation is 1. The Morgan fingerprint density at radius 2 is 2.40 bits per heavy atom. The van der Waals surface area contributed by atoms with E-state index in [1.54, 1.807) is 6.33 Å². The fourth-order valence-corrected chi connectivity index (χ4v) is 1.66. The van der Waals surface area contributed by atoms with Crippen molar-refractivity contribution in [2.75, 3.05) is 6.61 Å². The quantitative estimate of drug-likeness (QED) is 0.708. The van der Waals surface area contributed by atoms with Crippen LogP contribution in [0.1, 0.15) is 35.9 Å². The van der Waals surface area contributed by atoms with Crippen molar-refractivity contribution in [3.05, 3.63) is 17.7 Å². The van der Waals surface area contributed by atoms with Gasteiger partial charge < -0.3 is 9.30 Å². The van der Waals surface area contributed by atoms with Crippen LogP contribution in [0.2, 0.25) is 0 Å². The second-order valence-electron chi connectivity index (χ2n) is 3.99. The molecule has 0 radical (unpaired) electrons. The van der Waals surface area contributed by atoms with Crippen LogP contribution in [0.25, 0.3) is 0 Å². The van der Waals surface area contributed by atoms with Gasteiger partial charge in [0, 0.05) is 6.54 Å². The first kappa shape index (κ1) is 10.2. The molecule has 0 amide bonds. The van der Waals surface area contributed by atoms with Crippen molar-refractivity contribution >= 4 is 5.97 Å². The number of nitrogens with zero attached hydrogens (tertiary/aromatic N) is 2. The van der Waals surface area contributed by atoms with Crippen LogP contribution in [0, 0.1) is 12.8 Å². The second kappa shape index (κ2) is 4.04. The van der Waals surface area contributed by atoms with Gasteiger partial charge in [-0.05, 0) is 32.6 Å². The molecule has 1 aromatic heterocycles. The summed E-state index contributed by atoms with van der Waals surface area (Å²) in [5.74, 6) is 0.472. The Balaban J connectivity index is 2.18. The standard InChI is InChI=1S/C11H16N2O2/c1-3-15-11(14)10-8(2)12-7-13(10)6-9-4-5-9/h7,9H,3-6H2,1-2H3. The highest BCUT2D eigenvalue weighted by atomic mass is 16.5. The summed E-state index contributed by atoms with van der Waals surface area (Å²) in [5, 5.41) is 0. The lowest BCUT2D eigenvalue weighted by Gasteiger charge is -2.07. The van der Waals surface area contributed by atoms with E-state index in [1.807, 2.05) is 18.4 Å². The molecule has 0 saturated heterocycles. The highest BCUT2D eigenvalue weighted by Gasteiger charge is 2.25. The molecule has 0 aliphatic heterocycles. The van der Waals surface area contributed by atoms with Crippen LogP contribution in [0.4, 0.5) is 0 Å². The normalized spacial score (nSPS) is 15.3. The Morgan fingerprint density at radius 1 is 1.67 bits per heavy atom. The van der Waals surface area contributed by atoms with E-state index in [2.05, 4.69) is 4.98 Å². The van der Waals surface area contributed by atoms with E-state index in [0.717, 1.165) is 18.2 Å². The number of aromatic nitrogens is 2. The topological polar surface area (TPSA) is 44.1 Å². The molecule has 0 N–H and O–H groups in total. The third kappa shape index (κ3) is 2.19. The van der Waals surface area contributed by atoms with Crippen LogP contribution >= 0.6 is 0 Å². The predicted octanol–water partition coefficient (Wildman–Crippen LogP) is 1.78. The van der Waals surface area contributed by atoms with E-state index in [1.165, 1.54) is 12.8 Å². The summed E-state index contributed by atoms with van der Waals surface area (Å²) < 4.78 is 6.93. The van der Waals surface area contributed by atoms with Gasteiger partial charge in [0.1, 0.15) is 5.69 Å². The van der Waals surface area contributed by atoms with Gasteiger partial charge >= 0.3 is 5.97 Å². The number of esters is 1. The molecule has 0 spiro atoms. The number of imidazole rings is 1. The predicted molar refractivity (Wildman–Crippen MR) is 55.6 cm³/mol. The molecule has 1 aliphatic carbocycles. The molecule has 1 saturated carbocycles. The van der Waals surface area contributed by atoms with Crippen LogP contribution in [0.5, 0.6) is 0 Å². The van der Waals surface area contributed by atoms with Crippen LogP contribution in [-0.4, -0.2) is 22.1 Å². The molecule has 1 aromatic rings. The summed E-state index contributed by atoms with van der Waals surface area (Å²) in [7, 11) is 0. The van der Waals surface area contributed by atoms with Crippen molar-refractivity contribution in [1.82, 2.24) is 9.55 Å². The number of rotatable bonds is 4. The lowest BCUT2D eigenvalue weighted by molar-refractivity contribution is 0.0512. The zero-order chi connectivity index (χ0) is 10.8. The van der Waals surface area contributed by atoms with E-state index in [9.17, 15) is 4.79 Å². The maximum Gasteiger partial charge on any atom is 0.356 e. The zero-order valence-electron chi connectivity index (χ0n) is 9.19. The van der Waals surface area contributed by atoms with Gasteiger partial charge in [-0.15, -0.1) is 0 Å². The molecule has 82 valence electrons. The van der Waals surface area contributed by atoms with Gasteiger partial charge in [-0.2, -0.15) is 0 Å². The minimum Gasteiger partial charge on any atom is -0.461 e. The highest BCUT2D eigenvalue weighted by Crippen LogP contribution is 2.31. The average molecular weight is 208 g/mol. The minimum absolute atomic E-state index is 0.256. The zero-order valence-corrected chi connectivity index (χ0v) is 9.19. The van der Waals surface area contributed by atoms with Crippen LogP contribution in [-0.2, 0) is 11.3 Å². The van der Waals surface area contributed by atoms with Gasteiger partial charge in [0.25, 0.3) is 0 Å². The number of ether oxygens (including phenoxy) is 1. The molecule has 0 unspecified atom stereocenters. The van der Waals surface area contributed by atoms with E-state index in [-0.39, 0.29) is 5.97 Å². The monoisotopic (exact) mass is 208 g/mol. The Morgan fingerprint density at radius 3 is 3.00 bits per heavy atom. The fourth-order valence-electron chi connectivity index (χ4n) is 1.66. The Labute approximate surface area is 89.3 Å². The number of carbonyl (C=O) groups excluding carboxylic acids is 1. The molecule has 0 atom stereocenters. The summed E-state index contributed by atoms with van der Waals surface area (Å²) >= 11 is 0. The van der Waals surface area contributed by atoms with Gasteiger partial charge in [0.05, 0.1) is 18.6 Å². The molecule has 0 aromatic carbocycles. The maximum absolute atomic E-state index is 11.7. The van der Waals surface area contributed by atoms with Crippen molar-refractivity contribution in [2.45, 2.75) is 33.2 Å². The lowest BCUT2D eigenvalue weighted by Crippen LogP contribution is -2.13. The van der Waals surface area contributed by atoms with E-state index >= 15 is 0 Å². The number of hydrogen-bond donors (Lipinski definition) is 0. The van der Waals surface area contributed by atoms with Crippen LogP contribution < -0.4 is 0 Å². The van der Waals surface area contributed by atoms with Crippen molar-refractivity contribution in [3.63, 3.8) is 0 Å². The number of hydrogen-bond acceptors (Lipinski definition) is 3. The van der Waals surface area contributed by atoms with Crippen LogP contribution in [0.3, 0.4) is 0 Å². The van der Waals surface area contributed by atoms with Gasteiger partial charge in [-0.3, -0.25) is 0 Å². The smallest absolute Gasteiger partial charge is 0.356 e. The first-order chi connectivity index (χ1) is 7.22. The summed E-state index contributed by atoms with van der Waals surface area (Å²) in [6.45, 7) is 4.96. The van der Waals surface area contributed by atoms with Crippen molar-refractivity contribution in [3.8, 4) is 0 Å². The SMILES string of the molecule is CCOC(=O)c1c(C)ncn1CC1CC1. The molecule has 4 nitrogen and oxygen atoms in total. The van der Waals surface area contributed by atoms with Gasteiger partial charge in [0.2, 0.25) is 0 Å². The maximum atomic E-state index is 11.7. The molecule has 0 bridgehead atoms. The van der Waals surface area contributed by atoms with Crippen LogP contribution in [0.15, 0.2) is 6.33 Å². The molecule has 2 rings (SSSR count). The summed E-state index contributed by atoms with van der Waals surface area (Å²) in [6, 6.07) is 0. The summed E-state index contributed by atoms with van der Waals surface area (Å²) in [4.78, 5) is 15.8. The first-order valence-electron chi connectivity index (χ1n) is 5.41. The molecule has 1 heterocycles. The van der Waals surface area contributed by atoms with Gasteiger partial charge in [-0.25, -0.2) is 9.78 Å². The number of carbonyl (C=O) groups is 1. The van der Waals surface area contributed by atoms with Crippen molar-refractivity contribution in [2.24, 2.45) is 5.92 Å². The molecular formula is C11H16N2O2. The molecule has 15 heavy (non-hydrogen) atoms. The molecule has 1 fully saturated rings. The Hall–Kier alpha value is -1.32. The third-order valence-electron chi connectivity index (χ3n) is 2.64. The second-order valence-corrected chi connectivity index (χ2v) is 3.99. The van der Waals surface area contributed by atoms with Crippen molar-refractivity contribution < 1.29 is 9.53 Å². The Kier molecular flexibility index (Phi) is 2.75. The fraction of sp³-hybridized carbons (Fsp3) is 0.636. The van der Waals surface area contributed by atoms with E-state index < -0.39 is 0 Å².